The molecule has 1 fully saturated rings. The molecule has 1 aromatic carbocycles. The van der Waals surface area contributed by atoms with Gasteiger partial charge in [0.1, 0.15) is 0 Å². The number of aliphatic hydroxyl groups is 1. The highest BCUT2D eigenvalue weighted by molar-refractivity contribution is 6.30. The van der Waals surface area contributed by atoms with Gasteiger partial charge in [-0.3, -0.25) is 4.79 Å². The average Bonchev–Trinajstić information content (AvgIpc) is 2.42. The van der Waals surface area contributed by atoms with Gasteiger partial charge in [0.2, 0.25) is 0 Å². The van der Waals surface area contributed by atoms with Gasteiger partial charge in [-0.05, 0) is 55.9 Å². The molecule has 0 aromatic heterocycles. The topological polar surface area (TPSA) is 49.3 Å². The molecule has 104 valence electrons. The maximum atomic E-state index is 12.2. The number of carbonyl (C=O) groups excluding carboxylic acids is 1. The van der Waals surface area contributed by atoms with E-state index in [0.29, 0.717) is 16.5 Å². The molecule has 0 heterocycles. The fourth-order valence-corrected chi connectivity index (χ4v) is 2.68. The molecule has 2 rings (SSSR count). The highest BCUT2D eigenvalue weighted by Crippen LogP contribution is 2.31. The molecule has 2 N–H and O–H groups in total. The lowest BCUT2D eigenvalue weighted by Crippen LogP contribution is -2.53. The van der Waals surface area contributed by atoms with Crippen molar-refractivity contribution in [2.45, 2.75) is 38.1 Å². The Labute approximate surface area is 119 Å². The second-order valence-corrected chi connectivity index (χ2v) is 6.02. The van der Waals surface area contributed by atoms with E-state index in [9.17, 15) is 9.90 Å². The summed E-state index contributed by atoms with van der Waals surface area (Å²) < 4.78 is 0. The number of carbonyl (C=O) groups is 1. The van der Waals surface area contributed by atoms with Gasteiger partial charge < -0.3 is 10.4 Å². The zero-order chi connectivity index (χ0) is 13.9. The lowest BCUT2D eigenvalue weighted by atomic mass is 9.77. The number of hydrogen-bond donors (Lipinski definition) is 2. The Balaban J connectivity index is 2.06. The molecular weight excluding hydrogens is 262 g/mol. The molecule has 0 aliphatic heterocycles. The third-order valence-corrected chi connectivity index (χ3v) is 4.27. The first-order chi connectivity index (χ1) is 9.04. The predicted molar refractivity (Wildman–Crippen MR) is 76.4 cm³/mol. The van der Waals surface area contributed by atoms with Crippen LogP contribution in [0.25, 0.3) is 0 Å². The van der Waals surface area contributed by atoms with E-state index in [-0.39, 0.29) is 12.5 Å². The summed E-state index contributed by atoms with van der Waals surface area (Å²) >= 11 is 5.81. The third-order valence-electron chi connectivity index (χ3n) is 4.02. The highest BCUT2D eigenvalue weighted by Gasteiger charge is 2.35. The molecule has 1 saturated carbocycles. The molecule has 1 aromatic rings. The largest absolute Gasteiger partial charge is 0.394 e. The van der Waals surface area contributed by atoms with E-state index in [1.54, 1.807) is 24.3 Å². The summed E-state index contributed by atoms with van der Waals surface area (Å²) in [6, 6.07) is 6.80. The highest BCUT2D eigenvalue weighted by atomic mass is 35.5. The van der Waals surface area contributed by atoms with Crippen LogP contribution >= 0.6 is 11.6 Å². The second-order valence-electron chi connectivity index (χ2n) is 5.58. The molecule has 1 aliphatic carbocycles. The van der Waals surface area contributed by atoms with Gasteiger partial charge in [-0.2, -0.15) is 0 Å². The van der Waals surface area contributed by atoms with E-state index in [1.807, 2.05) is 0 Å². The quantitative estimate of drug-likeness (QED) is 0.895. The van der Waals surface area contributed by atoms with E-state index in [4.69, 9.17) is 11.6 Å². The van der Waals surface area contributed by atoms with Crippen molar-refractivity contribution in [3.63, 3.8) is 0 Å². The number of nitrogens with one attached hydrogen (secondary N) is 1. The number of rotatable bonds is 3. The molecule has 0 saturated heterocycles. The van der Waals surface area contributed by atoms with Crippen LogP contribution < -0.4 is 5.32 Å². The van der Waals surface area contributed by atoms with Crippen LogP contribution in [0.5, 0.6) is 0 Å². The maximum Gasteiger partial charge on any atom is 0.251 e. The Morgan fingerprint density at radius 3 is 2.47 bits per heavy atom. The first kappa shape index (κ1) is 14.4. The Morgan fingerprint density at radius 2 is 1.95 bits per heavy atom. The SMILES string of the molecule is CC1CCC(CO)(NC(=O)c2ccc(Cl)cc2)CC1. The summed E-state index contributed by atoms with van der Waals surface area (Å²) in [6.07, 6.45) is 3.76. The van der Waals surface area contributed by atoms with Gasteiger partial charge in [0.25, 0.3) is 5.91 Å². The summed E-state index contributed by atoms with van der Waals surface area (Å²) in [5.74, 6) is 0.535. The fourth-order valence-electron chi connectivity index (χ4n) is 2.55. The molecule has 1 aliphatic rings. The van der Waals surface area contributed by atoms with Gasteiger partial charge in [0.05, 0.1) is 12.1 Å². The summed E-state index contributed by atoms with van der Waals surface area (Å²) in [5, 5.41) is 13.2. The molecule has 1 amide bonds. The summed E-state index contributed by atoms with van der Waals surface area (Å²) in [4.78, 5) is 12.2. The molecule has 0 bridgehead atoms. The molecular formula is C15H20ClNO2. The Morgan fingerprint density at radius 1 is 1.37 bits per heavy atom. The third kappa shape index (κ3) is 3.48. The standard InChI is InChI=1S/C15H20ClNO2/c1-11-6-8-15(10-18,9-7-11)17-14(19)12-2-4-13(16)5-3-12/h2-5,11,18H,6-10H2,1H3,(H,17,19). The molecule has 0 atom stereocenters. The molecule has 4 heteroatoms. The van der Waals surface area contributed by atoms with Gasteiger partial charge in [-0.25, -0.2) is 0 Å². The van der Waals surface area contributed by atoms with Crippen LogP contribution in [0.1, 0.15) is 43.0 Å². The zero-order valence-electron chi connectivity index (χ0n) is 11.2. The minimum Gasteiger partial charge on any atom is -0.394 e. The van der Waals surface area contributed by atoms with Gasteiger partial charge in [-0.15, -0.1) is 0 Å². The Kier molecular flexibility index (Phi) is 4.48. The van der Waals surface area contributed by atoms with Crippen LogP contribution in [0.3, 0.4) is 0 Å². The average molecular weight is 282 g/mol. The van der Waals surface area contributed by atoms with Crippen molar-refractivity contribution in [2.24, 2.45) is 5.92 Å². The summed E-state index contributed by atoms with van der Waals surface area (Å²) in [6.45, 7) is 2.21. The minimum absolute atomic E-state index is 0.000943. The lowest BCUT2D eigenvalue weighted by molar-refractivity contribution is 0.0717. The van der Waals surface area contributed by atoms with Crippen molar-refractivity contribution in [3.8, 4) is 0 Å². The van der Waals surface area contributed by atoms with Crippen LogP contribution in [-0.2, 0) is 0 Å². The smallest absolute Gasteiger partial charge is 0.251 e. The van der Waals surface area contributed by atoms with Crippen molar-refractivity contribution >= 4 is 17.5 Å². The van der Waals surface area contributed by atoms with E-state index in [1.165, 1.54) is 0 Å². The van der Waals surface area contributed by atoms with Gasteiger partial charge in [-0.1, -0.05) is 18.5 Å². The molecule has 0 radical (unpaired) electrons. The number of hydrogen-bond acceptors (Lipinski definition) is 2. The summed E-state index contributed by atoms with van der Waals surface area (Å²) in [7, 11) is 0. The Hall–Kier alpha value is -1.06. The molecule has 0 spiro atoms. The van der Waals surface area contributed by atoms with Crippen molar-refractivity contribution in [1.29, 1.82) is 0 Å². The lowest BCUT2D eigenvalue weighted by Gasteiger charge is -2.38. The van der Waals surface area contributed by atoms with Crippen molar-refractivity contribution in [2.75, 3.05) is 6.61 Å². The minimum atomic E-state index is -0.455. The fraction of sp³-hybridized carbons (Fsp3) is 0.533. The van der Waals surface area contributed by atoms with Crippen LogP contribution in [0, 0.1) is 5.92 Å². The summed E-state index contributed by atoms with van der Waals surface area (Å²) in [5.41, 5.74) is 0.124. The van der Waals surface area contributed by atoms with E-state index in [2.05, 4.69) is 12.2 Å². The van der Waals surface area contributed by atoms with Crippen LogP contribution in [-0.4, -0.2) is 23.2 Å². The van der Waals surface area contributed by atoms with E-state index < -0.39 is 5.54 Å². The van der Waals surface area contributed by atoms with Gasteiger partial charge >= 0.3 is 0 Å². The first-order valence-corrected chi connectivity index (χ1v) is 7.11. The number of benzene rings is 1. The van der Waals surface area contributed by atoms with Crippen LogP contribution in [0.4, 0.5) is 0 Å². The van der Waals surface area contributed by atoms with Crippen molar-refractivity contribution in [3.05, 3.63) is 34.9 Å². The monoisotopic (exact) mass is 281 g/mol. The maximum absolute atomic E-state index is 12.2. The zero-order valence-corrected chi connectivity index (χ0v) is 11.9. The van der Waals surface area contributed by atoms with Crippen LogP contribution in [0.2, 0.25) is 5.02 Å². The number of halogens is 1. The molecule has 19 heavy (non-hydrogen) atoms. The van der Waals surface area contributed by atoms with Gasteiger partial charge in [0.15, 0.2) is 0 Å². The van der Waals surface area contributed by atoms with E-state index in [0.717, 1.165) is 25.7 Å². The second kappa shape index (κ2) is 5.93. The Bertz CT molecular complexity index is 436. The normalized spacial score (nSPS) is 27.0. The number of aliphatic hydroxyl groups excluding tert-OH is 1. The van der Waals surface area contributed by atoms with Crippen molar-refractivity contribution < 1.29 is 9.90 Å². The predicted octanol–water partition coefficient (Wildman–Crippen LogP) is 3.01. The van der Waals surface area contributed by atoms with Crippen molar-refractivity contribution in [1.82, 2.24) is 5.32 Å². The first-order valence-electron chi connectivity index (χ1n) is 6.74. The molecule has 0 unspecified atom stereocenters. The van der Waals surface area contributed by atoms with Crippen LogP contribution in [0.15, 0.2) is 24.3 Å². The van der Waals surface area contributed by atoms with E-state index >= 15 is 0 Å². The van der Waals surface area contributed by atoms with Gasteiger partial charge in [0, 0.05) is 10.6 Å². The number of amides is 1. The molecule has 3 nitrogen and oxygen atoms in total.